The summed E-state index contributed by atoms with van der Waals surface area (Å²) >= 11 is 5.94. The third-order valence-corrected chi connectivity index (χ3v) is 7.54. The largest absolute Gasteiger partial charge is 0.458 e. The fourth-order valence-electron chi connectivity index (χ4n) is 3.72. The van der Waals surface area contributed by atoms with Crippen LogP contribution in [0, 0.1) is 0 Å². The van der Waals surface area contributed by atoms with Gasteiger partial charge in [-0.15, -0.1) is 10.2 Å². The Bertz CT molecular complexity index is 1330. The van der Waals surface area contributed by atoms with Gasteiger partial charge >= 0.3 is 12.0 Å². The predicted octanol–water partition coefficient (Wildman–Crippen LogP) is 3.84. The molecule has 1 unspecified atom stereocenters. The number of benzene rings is 2. The average Bonchev–Trinajstić information content (AvgIpc) is 3.25. The topological polar surface area (TPSA) is 112 Å². The third-order valence-electron chi connectivity index (χ3n) is 5.40. The quantitative estimate of drug-likeness (QED) is 0.491. The Balaban J connectivity index is 1.78. The van der Waals surface area contributed by atoms with E-state index in [1.54, 1.807) is 29.2 Å². The number of anilines is 1. The number of methoxy groups -OCH3 is 1. The van der Waals surface area contributed by atoms with Crippen molar-refractivity contribution < 1.29 is 35.1 Å². The van der Waals surface area contributed by atoms with Crippen LogP contribution in [0.15, 0.2) is 51.8 Å². The summed E-state index contributed by atoms with van der Waals surface area (Å²) < 4.78 is 88.7. The Hall–Kier alpha value is -2.74. The molecule has 4 rings (SSSR count). The molecular weight excluding hydrogens is 516 g/mol. The molecule has 1 aliphatic rings. The highest BCUT2D eigenvalue weighted by atomic mass is 35.5. The molecule has 0 saturated heterocycles. The van der Waals surface area contributed by atoms with Gasteiger partial charge < -0.3 is 19.8 Å². The zero-order chi connectivity index (χ0) is 25.6. The van der Waals surface area contributed by atoms with E-state index in [9.17, 15) is 26.0 Å². The summed E-state index contributed by atoms with van der Waals surface area (Å²) in [6, 6.07) is 10.1. The zero-order valence-corrected chi connectivity index (χ0v) is 19.7. The van der Waals surface area contributed by atoms with Gasteiger partial charge in [-0.3, -0.25) is 0 Å². The third kappa shape index (κ3) is 4.85. The summed E-state index contributed by atoms with van der Waals surface area (Å²) in [5.41, 5.74) is 7.19. The first kappa shape index (κ1) is 25.4. The van der Waals surface area contributed by atoms with Crippen molar-refractivity contribution >= 4 is 27.1 Å². The van der Waals surface area contributed by atoms with Crippen molar-refractivity contribution in [2.75, 3.05) is 24.3 Å². The molecule has 0 radical (unpaired) electrons. The van der Waals surface area contributed by atoms with E-state index in [0.717, 1.165) is 5.56 Å². The molecule has 2 aromatic carbocycles. The van der Waals surface area contributed by atoms with Gasteiger partial charge in [0.25, 0.3) is 5.89 Å². The molecule has 0 bridgehead atoms. The first-order chi connectivity index (χ1) is 16.3. The van der Waals surface area contributed by atoms with Crippen molar-refractivity contribution in [1.29, 1.82) is 0 Å². The average molecular weight is 535 g/mol. The highest BCUT2D eigenvalue weighted by Gasteiger charge is 2.62. The van der Waals surface area contributed by atoms with Gasteiger partial charge in [0.2, 0.25) is 5.89 Å². The molecule has 8 nitrogen and oxygen atoms in total. The van der Waals surface area contributed by atoms with E-state index in [1.165, 1.54) is 18.2 Å². The Morgan fingerprint density at radius 1 is 1.17 bits per heavy atom. The van der Waals surface area contributed by atoms with Crippen LogP contribution in [0.1, 0.15) is 11.5 Å². The number of aromatic nitrogens is 2. The fourth-order valence-corrected chi connectivity index (χ4v) is 5.48. The number of nitrogens with two attached hydrogens (primary N) is 1. The maximum atomic E-state index is 14.4. The minimum absolute atomic E-state index is 0.0186. The summed E-state index contributed by atoms with van der Waals surface area (Å²) in [6.45, 7) is 0.427. The second kappa shape index (κ2) is 9.04. The molecule has 2 heterocycles. The second-order valence-electron chi connectivity index (χ2n) is 7.94. The van der Waals surface area contributed by atoms with E-state index in [-0.39, 0.29) is 35.0 Å². The maximum Gasteiger partial charge on any atom is 0.458 e. The van der Waals surface area contributed by atoms with E-state index in [1.807, 2.05) is 0 Å². The van der Waals surface area contributed by atoms with Crippen molar-refractivity contribution in [1.82, 2.24) is 10.2 Å². The minimum Gasteiger partial charge on any atom is -0.415 e. The first-order valence-electron chi connectivity index (χ1n) is 10.1. The smallest absolute Gasteiger partial charge is 0.415 e. The number of hydrogen-bond donors (Lipinski definition) is 1. The number of fused-ring (bicyclic) bond motifs is 1. The van der Waals surface area contributed by atoms with Gasteiger partial charge in [-0.1, -0.05) is 23.7 Å². The van der Waals surface area contributed by atoms with E-state index >= 15 is 0 Å². The number of alkyl halides is 4. The molecule has 14 heteroatoms. The molecule has 188 valence electrons. The monoisotopic (exact) mass is 534 g/mol. The molecule has 1 aliphatic heterocycles. The lowest BCUT2D eigenvalue weighted by molar-refractivity contribution is -0.341. The predicted molar refractivity (Wildman–Crippen MR) is 118 cm³/mol. The Kier molecular flexibility index (Phi) is 6.55. The summed E-state index contributed by atoms with van der Waals surface area (Å²) in [6.07, 6.45) is -5.47. The van der Waals surface area contributed by atoms with Crippen molar-refractivity contribution in [2.45, 2.75) is 29.5 Å². The number of nitrogens with zero attached hydrogens (tertiary/aromatic N) is 3. The van der Waals surface area contributed by atoms with E-state index in [0.29, 0.717) is 12.1 Å². The lowest BCUT2D eigenvalue weighted by Crippen LogP contribution is -2.40. The van der Waals surface area contributed by atoms with Gasteiger partial charge in [-0.05, 0) is 35.9 Å². The molecule has 2 atom stereocenters. The van der Waals surface area contributed by atoms with Crippen LogP contribution >= 0.6 is 11.6 Å². The zero-order valence-electron chi connectivity index (χ0n) is 18.1. The van der Waals surface area contributed by atoms with Crippen molar-refractivity contribution in [3.8, 4) is 11.5 Å². The second-order valence-corrected chi connectivity index (χ2v) is 10.4. The summed E-state index contributed by atoms with van der Waals surface area (Å²) in [5, 5.41) is 7.21. The summed E-state index contributed by atoms with van der Waals surface area (Å²) in [7, 11) is -3.27. The van der Waals surface area contributed by atoms with Crippen LogP contribution in [0.25, 0.3) is 11.5 Å². The molecule has 3 aromatic rings. The van der Waals surface area contributed by atoms with E-state index in [2.05, 4.69) is 14.9 Å². The van der Waals surface area contributed by atoms with Crippen LogP contribution in [0.3, 0.4) is 0 Å². The van der Waals surface area contributed by atoms with Crippen LogP contribution < -0.4 is 10.6 Å². The van der Waals surface area contributed by atoms with Gasteiger partial charge in [0.1, 0.15) is 0 Å². The maximum absolute atomic E-state index is 14.4. The molecule has 0 spiro atoms. The molecule has 0 amide bonds. The van der Waals surface area contributed by atoms with Crippen molar-refractivity contribution in [3.05, 3.63) is 58.9 Å². The summed E-state index contributed by atoms with van der Waals surface area (Å²) in [4.78, 5) is 1.70. The van der Waals surface area contributed by atoms with Gasteiger partial charge in [0, 0.05) is 36.8 Å². The lowest BCUT2D eigenvalue weighted by Gasteiger charge is -2.26. The Morgan fingerprint density at radius 3 is 2.49 bits per heavy atom. The number of ether oxygens (including phenoxy) is 1. The first-order valence-corrected chi connectivity index (χ1v) is 12.1. The SMILES string of the molecule is COC(F)(c1nnc(-c2ccc3c(c2)N(Cc2ccc(Cl)cc2)C[C@@H](N)CS3(=O)=O)o1)C(F)(F)F. The molecule has 0 aliphatic carbocycles. The van der Waals surface area contributed by atoms with Gasteiger partial charge in [-0.25, -0.2) is 8.42 Å². The van der Waals surface area contributed by atoms with Crippen molar-refractivity contribution in [2.24, 2.45) is 5.73 Å². The number of rotatable bonds is 5. The molecule has 2 N–H and O–H groups in total. The number of sulfone groups is 1. The van der Waals surface area contributed by atoms with Crippen LogP contribution in [0.2, 0.25) is 5.02 Å². The van der Waals surface area contributed by atoms with Gasteiger partial charge in [0.05, 0.1) is 16.3 Å². The summed E-state index contributed by atoms with van der Waals surface area (Å²) in [5.74, 6) is -6.50. The number of halogens is 5. The normalized spacial score (nSPS) is 19.6. The lowest BCUT2D eigenvalue weighted by atomic mass is 10.1. The minimum atomic E-state index is -5.47. The Labute approximate surface area is 202 Å². The van der Waals surface area contributed by atoms with E-state index in [4.69, 9.17) is 21.8 Å². The van der Waals surface area contributed by atoms with Gasteiger partial charge in [-0.2, -0.15) is 17.6 Å². The Morgan fingerprint density at radius 2 is 1.86 bits per heavy atom. The number of hydrogen-bond acceptors (Lipinski definition) is 8. The molecule has 35 heavy (non-hydrogen) atoms. The molecule has 0 fully saturated rings. The van der Waals surface area contributed by atoms with Crippen molar-refractivity contribution in [3.63, 3.8) is 0 Å². The van der Waals surface area contributed by atoms with E-state index < -0.39 is 39.7 Å². The molecular formula is C21H19ClF4N4O4S. The highest BCUT2D eigenvalue weighted by Crippen LogP contribution is 2.43. The highest BCUT2D eigenvalue weighted by molar-refractivity contribution is 7.91. The molecule has 1 aromatic heterocycles. The standard InChI is InChI=1S/C21H19ClF4N4O4S/c1-33-20(23,21(24,25)26)19-29-28-18(34-19)13-4-7-17-16(8-13)30(10-15(27)11-35(17,31)32)9-12-2-5-14(22)6-3-12/h2-8,15H,9-11,27H2,1H3/t15-,20?/m1/s1. The van der Waals surface area contributed by atoms with Gasteiger partial charge in [0.15, 0.2) is 9.84 Å². The fraction of sp³-hybridized carbons (Fsp3) is 0.333. The van der Waals surface area contributed by atoms with Crippen LogP contribution in [0.4, 0.5) is 23.2 Å². The van der Waals surface area contributed by atoms with Crippen LogP contribution in [0.5, 0.6) is 0 Å². The molecule has 0 saturated carbocycles. The van der Waals surface area contributed by atoms with Crippen LogP contribution in [-0.4, -0.2) is 50.2 Å². The van der Waals surface area contributed by atoms with Crippen LogP contribution in [-0.2, 0) is 27.0 Å².